The number of aromatic nitrogens is 1. The molecule has 6 rings (SSSR count). The van der Waals surface area contributed by atoms with Gasteiger partial charge >= 0.3 is 0 Å². The molecule has 1 N–H and O–H groups in total. The molecule has 0 unspecified atom stereocenters. The molecular weight excluding hydrogens is 282 g/mol. The van der Waals surface area contributed by atoms with Gasteiger partial charge in [-0.1, -0.05) is 31.5 Å². The van der Waals surface area contributed by atoms with E-state index >= 15 is 0 Å². The van der Waals surface area contributed by atoms with Gasteiger partial charge in [-0.2, -0.15) is 5.26 Å². The van der Waals surface area contributed by atoms with Gasteiger partial charge in [0, 0.05) is 34.9 Å². The largest absolute Gasteiger partial charge is 0.372 e. The molecule has 3 aliphatic heterocycles. The van der Waals surface area contributed by atoms with Crippen molar-refractivity contribution in [3.05, 3.63) is 41.7 Å². The number of hydrogen-bond acceptors (Lipinski definition) is 2. The number of nitrogens with zero attached hydrogens (tertiary/aromatic N) is 2. The molecule has 1 aliphatic carbocycles. The maximum Gasteiger partial charge on any atom is 0.118 e. The Bertz CT molecular complexity index is 855. The Kier molecular flexibility index (Phi) is 2.54. The lowest BCUT2D eigenvalue weighted by Crippen LogP contribution is -2.62. The minimum Gasteiger partial charge on any atom is -0.372 e. The van der Waals surface area contributed by atoms with Crippen LogP contribution in [-0.4, -0.2) is 22.5 Å². The summed E-state index contributed by atoms with van der Waals surface area (Å²) in [7, 11) is 0. The van der Waals surface area contributed by atoms with Crippen LogP contribution in [0.25, 0.3) is 17.0 Å². The Morgan fingerprint density at radius 1 is 1.39 bits per heavy atom. The fourth-order valence-corrected chi connectivity index (χ4v) is 5.54. The van der Waals surface area contributed by atoms with Crippen molar-refractivity contribution in [2.45, 2.75) is 37.6 Å². The SMILES string of the molecule is CC[C@H]1C[C@H]2CN3C=Cc4c([nH]c5ccccc45)[C@](C#N)(C2)[C@H]13. The zero-order valence-electron chi connectivity index (χ0n) is 13.4. The van der Waals surface area contributed by atoms with Crippen LogP contribution in [-0.2, 0) is 5.41 Å². The number of fused-ring (bicyclic) bond motifs is 4. The molecule has 1 saturated carbocycles. The topological polar surface area (TPSA) is 42.8 Å². The van der Waals surface area contributed by atoms with Gasteiger partial charge < -0.3 is 9.88 Å². The zero-order valence-corrected chi connectivity index (χ0v) is 13.4. The molecule has 4 heterocycles. The molecule has 4 atom stereocenters. The third kappa shape index (κ3) is 1.54. The molecular formula is C20H21N3. The second-order valence-electron chi connectivity index (χ2n) is 7.47. The number of hydrogen-bond donors (Lipinski definition) is 1. The quantitative estimate of drug-likeness (QED) is 0.864. The predicted molar refractivity (Wildman–Crippen MR) is 91.6 cm³/mol. The molecule has 116 valence electrons. The van der Waals surface area contributed by atoms with E-state index in [-0.39, 0.29) is 5.41 Å². The zero-order chi connectivity index (χ0) is 15.6. The number of aromatic amines is 1. The smallest absolute Gasteiger partial charge is 0.118 e. The van der Waals surface area contributed by atoms with Gasteiger partial charge in [-0.05, 0) is 36.8 Å². The van der Waals surface area contributed by atoms with Crippen LogP contribution in [0.15, 0.2) is 30.5 Å². The minimum absolute atomic E-state index is 0.313. The first-order valence-electron chi connectivity index (χ1n) is 8.73. The average Bonchev–Trinajstić information content (AvgIpc) is 2.94. The van der Waals surface area contributed by atoms with E-state index in [2.05, 4.69) is 59.4 Å². The molecule has 0 spiro atoms. The van der Waals surface area contributed by atoms with Crippen LogP contribution in [0.2, 0.25) is 0 Å². The molecule has 3 heteroatoms. The number of para-hydroxylation sites is 1. The van der Waals surface area contributed by atoms with Gasteiger partial charge in [0.1, 0.15) is 5.41 Å². The summed E-state index contributed by atoms with van der Waals surface area (Å²) in [5.41, 5.74) is 3.15. The van der Waals surface area contributed by atoms with Crippen molar-refractivity contribution in [1.82, 2.24) is 9.88 Å². The number of nitriles is 1. The Labute approximate surface area is 136 Å². The molecule has 4 aliphatic rings. The lowest BCUT2D eigenvalue weighted by atomic mass is 9.57. The van der Waals surface area contributed by atoms with Crippen LogP contribution in [0.1, 0.15) is 37.4 Å². The van der Waals surface area contributed by atoms with Crippen LogP contribution >= 0.6 is 0 Å². The normalized spacial score (nSPS) is 34.3. The molecule has 0 amide bonds. The van der Waals surface area contributed by atoms with Gasteiger partial charge in [-0.25, -0.2) is 0 Å². The first-order chi connectivity index (χ1) is 11.3. The first kappa shape index (κ1) is 13.2. The van der Waals surface area contributed by atoms with Gasteiger partial charge in [-0.15, -0.1) is 0 Å². The Morgan fingerprint density at radius 2 is 2.26 bits per heavy atom. The number of rotatable bonds is 1. The van der Waals surface area contributed by atoms with E-state index in [9.17, 15) is 5.26 Å². The van der Waals surface area contributed by atoms with E-state index in [0.717, 1.165) is 30.6 Å². The molecule has 23 heavy (non-hydrogen) atoms. The van der Waals surface area contributed by atoms with Crippen molar-refractivity contribution in [1.29, 1.82) is 5.26 Å². The van der Waals surface area contributed by atoms with Crippen LogP contribution in [0.3, 0.4) is 0 Å². The molecule has 1 aromatic carbocycles. The summed E-state index contributed by atoms with van der Waals surface area (Å²) in [5, 5.41) is 11.5. The maximum atomic E-state index is 10.3. The van der Waals surface area contributed by atoms with E-state index in [0.29, 0.717) is 17.9 Å². The highest BCUT2D eigenvalue weighted by molar-refractivity contribution is 5.91. The Hall–Kier alpha value is -2.21. The van der Waals surface area contributed by atoms with Gasteiger partial charge in [0.15, 0.2) is 0 Å². The molecule has 3 nitrogen and oxygen atoms in total. The highest BCUT2D eigenvalue weighted by Gasteiger charge is 2.57. The van der Waals surface area contributed by atoms with E-state index < -0.39 is 0 Å². The lowest BCUT2D eigenvalue weighted by molar-refractivity contribution is -0.0130. The number of nitrogens with one attached hydrogen (secondary N) is 1. The highest BCUT2D eigenvalue weighted by atomic mass is 15.2. The summed E-state index contributed by atoms with van der Waals surface area (Å²) in [5.74, 6) is 1.25. The number of H-pyrrole nitrogens is 1. The van der Waals surface area contributed by atoms with Crippen molar-refractivity contribution in [2.24, 2.45) is 11.8 Å². The van der Waals surface area contributed by atoms with Crippen molar-refractivity contribution in [3.63, 3.8) is 0 Å². The number of piperidine rings is 2. The summed E-state index contributed by atoms with van der Waals surface area (Å²) >= 11 is 0. The maximum absolute atomic E-state index is 10.3. The predicted octanol–water partition coefficient (Wildman–Crippen LogP) is 4.03. The van der Waals surface area contributed by atoms with Gasteiger partial charge in [0.05, 0.1) is 12.1 Å². The minimum atomic E-state index is -0.389. The molecule has 2 saturated heterocycles. The van der Waals surface area contributed by atoms with Gasteiger partial charge in [0.25, 0.3) is 0 Å². The average molecular weight is 303 g/mol. The van der Waals surface area contributed by atoms with Crippen molar-refractivity contribution in [2.75, 3.05) is 6.54 Å². The molecule has 1 aromatic heterocycles. The Morgan fingerprint density at radius 3 is 3.09 bits per heavy atom. The third-order valence-corrected chi connectivity index (χ3v) is 6.37. The third-order valence-electron chi connectivity index (χ3n) is 6.37. The van der Waals surface area contributed by atoms with E-state index in [4.69, 9.17) is 0 Å². The molecule has 4 bridgehead atoms. The fraction of sp³-hybridized carbons (Fsp3) is 0.450. The second kappa shape index (κ2) is 4.41. The highest BCUT2D eigenvalue weighted by Crippen LogP contribution is 2.54. The van der Waals surface area contributed by atoms with Crippen molar-refractivity contribution < 1.29 is 0 Å². The summed E-state index contributed by atoms with van der Waals surface area (Å²) in [6.07, 6.45) is 7.94. The molecule has 0 radical (unpaired) electrons. The van der Waals surface area contributed by atoms with Crippen LogP contribution in [0.5, 0.6) is 0 Å². The lowest BCUT2D eigenvalue weighted by Gasteiger charge is -2.56. The van der Waals surface area contributed by atoms with Crippen molar-refractivity contribution >= 4 is 17.0 Å². The molecule has 3 fully saturated rings. The fourth-order valence-electron chi connectivity index (χ4n) is 5.54. The molecule has 2 aromatic rings. The summed E-state index contributed by atoms with van der Waals surface area (Å²) in [6.45, 7) is 3.39. The van der Waals surface area contributed by atoms with Crippen LogP contribution in [0.4, 0.5) is 0 Å². The summed E-state index contributed by atoms with van der Waals surface area (Å²) in [6, 6.07) is 11.5. The van der Waals surface area contributed by atoms with E-state index in [1.54, 1.807) is 0 Å². The van der Waals surface area contributed by atoms with E-state index in [1.807, 2.05) is 0 Å². The van der Waals surface area contributed by atoms with Gasteiger partial charge in [0.2, 0.25) is 0 Å². The van der Waals surface area contributed by atoms with Crippen LogP contribution < -0.4 is 0 Å². The monoisotopic (exact) mass is 303 g/mol. The standard InChI is InChI=1S/C20H21N3/c1-2-14-9-13-10-20(12-21)18-16(7-8-23(11-13)19(14)20)15-5-3-4-6-17(15)22-18/h3-8,13-14,19,22H,2,9-11H2,1H3/t13-,14+,19+,20-/m1/s1. The summed E-state index contributed by atoms with van der Waals surface area (Å²) in [4.78, 5) is 6.10. The summed E-state index contributed by atoms with van der Waals surface area (Å²) < 4.78 is 0. The second-order valence-corrected chi connectivity index (χ2v) is 7.47. The van der Waals surface area contributed by atoms with Gasteiger partial charge in [-0.3, -0.25) is 0 Å². The van der Waals surface area contributed by atoms with Crippen molar-refractivity contribution in [3.8, 4) is 6.07 Å². The first-order valence-corrected chi connectivity index (χ1v) is 8.73. The van der Waals surface area contributed by atoms with E-state index in [1.165, 1.54) is 17.4 Å². The Balaban J connectivity index is 1.83. The van der Waals surface area contributed by atoms with Crippen LogP contribution in [0, 0.1) is 23.2 Å². The number of benzene rings is 1.